The summed E-state index contributed by atoms with van der Waals surface area (Å²) >= 11 is 6.28. The maximum Gasteiger partial charge on any atom is 0.213 e. The lowest BCUT2D eigenvalue weighted by molar-refractivity contribution is 0.288. The minimum atomic E-state index is 0. The van der Waals surface area contributed by atoms with Gasteiger partial charge in [0, 0.05) is 51.2 Å². The first-order chi connectivity index (χ1) is 14.2. The van der Waals surface area contributed by atoms with Gasteiger partial charge >= 0.3 is 0 Å². The van der Waals surface area contributed by atoms with Crippen LogP contribution < -0.4 is 20.3 Å². The Hall–Kier alpha value is -1.81. The van der Waals surface area contributed by atoms with Crippen LogP contribution in [0.1, 0.15) is 24.8 Å². The number of aromatic nitrogens is 2. The molecule has 1 atom stereocenters. The van der Waals surface area contributed by atoms with Crippen molar-refractivity contribution in [2.75, 3.05) is 31.6 Å². The highest BCUT2D eigenvalue weighted by atomic mass is 127. The number of rotatable bonds is 7. The second kappa shape index (κ2) is 11.0. The van der Waals surface area contributed by atoms with Gasteiger partial charge in [-0.1, -0.05) is 11.6 Å². The van der Waals surface area contributed by atoms with Crippen molar-refractivity contribution < 1.29 is 4.74 Å². The number of halogens is 2. The second-order valence-corrected chi connectivity index (χ2v) is 7.97. The molecule has 1 saturated heterocycles. The molecule has 0 aromatic carbocycles. The molecule has 2 aliphatic rings. The second-order valence-electron chi connectivity index (χ2n) is 7.57. The van der Waals surface area contributed by atoms with Crippen LogP contribution >= 0.6 is 35.6 Å². The van der Waals surface area contributed by atoms with Gasteiger partial charge < -0.3 is 20.3 Å². The maximum absolute atomic E-state index is 6.28. The monoisotopic (exact) mass is 542 g/mol. The zero-order chi connectivity index (χ0) is 20.1. The molecule has 2 fully saturated rings. The highest BCUT2D eigenvalue weighted by molar-refractivity contribution is 14.0. The molecule has 3 heterocycles. The van der Waals surface area contributed by atoms with Gasteiger partial charge in [0.05, 0.1) is 11.6 Å². The van der Waals surface area contributed by atoms with Gasteiger partial charge in [0.2, 0.25) is 5.88 Å². The van der Waals surface area contributed by atoms with Crippen LogP contribution in [0.3, 0.4) is 0 Å². The van der Waals surface area contributed by atoms with E-state index in [0.29, 0.717) is 23.4 Å². The number of nitrogens with zero attached hydrogens (tertiary/aromatic N) is 4. The summed E-state index contributed by atoms with van der Waals surface area (Å²) < 4.78 is 5.77. The van der Waals surface area contributed by atoms with Crippen LogP contribution in [0.15, 0.2) is 41.7 Å². The summed E-state index contributed by atoms with van der Waals surface area (Å²) in [6, 6.07) is 8.00. The SMILES string of the molecule is CN=C(NCc1ccnc(OCC2CC2)c1)NC1CCN(c2ncccc2Cl)C1.I. The first kappa shape index (κ1) is 22.9. The predicted octanol–water partition coefficient (Wildman–Crippen LogP) is 3.48. The fourth-order valence-electron chi connectivity index (χ4n) is 3.38. The van der Waals surface area contributed by atoms with Crippen LogP contribution in [0, 0.1) is 5.92 Å². The number of nitrogens with one attached hydrogen (secondary N) is 2. The van der Waals surface area contributed by atoms with Crippen molar-refractivity contribution in [1.29, 1.82) is 0 Å². The van der Waals surface area contributed by atoms with Crippen molar-refractivity contribution >= 4 is 47.4 Å². The Morgan fingerprint density at radius 1 is 1.27 bits per heavy atom. The number of ether oxygens (including phenoxy) is 1. The molecule has 2 aromatic heterocycles. The molecule has 162 valence electrons. The molecule has 7 nitrogen and oxygen atoms in total. The van der Waals surface area contributed by atoms with Gasteiger partial charge in [0.25, 0.3) is 0 Å². The average Bonchev–Trinajstić information content (AvgIpc) is 3.47. The summed E-state index contributed by atoms with van der Waals surface area (Å²) in [5.74, 6) is 3.03. The lowest BCUT2D eigenvalue weighted by Gasteiger charge is -2.20. The quantitative estimate of drug-likeness (QED) is 0.317. The summed E-state index contributed by atoms with van der Waals surface area (Å²) in [4.78, 5) is 15.3. The van der Waals surface area contributed by atoms with Gasteiger partial charge in [-0.05, 0) is 48.9 Å². The Bertz CT molecular complexity index is 863. The van der Waals surface area contributed by atoms with Crippen molar-refractivity contribution in [2.45, 2.75) is 31.8 Å². The van der Waals surface area contributed by atoms with Crippen molar-refractivity contribution in [1.82, 2.24) is 20.6 Å². The van der Waals surface area contributed by atoms with E-state index in [0.717, 1.165) is 43.5 Å². The molecule has 9 heteroatoms. The molecule has 0 amide bonds. The number of guanidine groups is 1. The Morgan fingerprint density at radius 2 is 2.13 bits per heavy atom. The Kier molecular flexibility index (Phi) is 8.38. The zero-order valence-corrected chi connectivity index (χ0v) is 20.1. The molecule has 0 radical (unpaired) electrons. The molecular weight excluding hydrogens is 515 g/mol. The van der Waals surface area contributed by atoms with E-state index in [4.69, 9.17) is 16.3 Å². The van der Waals surface area contributed by atoms with Gasteiger partial charge in [-0.15, -0.1) is 24.0 Å². The van der Waals surface area contributed by atoms with Crippen molar-refractivity contribution in [2.24, 2.45) is 10.9 Å². The number of hydrogen-bond donors (Lipinski definition) is 2. The van der Waals surface area contributed by atoms with Crippen LogP contribution in [0.4, 0.5) is 5.82 Å². The van der Waals surface area contributed by atoms with Crippen LogP contribution in [0.5, 0.6) is 5.88 Å². The highest BCUT2D eigenvalue weighted by Gasteiger charge is 2.25. The summed E-state index contributed by atoms with van der Waals surface area (Å²) in [6.07, 6.45) is 7.12. The van der Waals surface area contributed by atoms with E-state index >= 15 is 0 Å². The van der Waals surface area contributed by atoms with Crippen LogP contribution in [0.25, 0.3) is 0 Å². The smallest absolute Gasteiger partial charge is 0.213 e. The zero-order valence-electron chi connectivity index (χ0n) is 17.1. The molecule has 0 spiro atoms. The molecule has 0 bridgehead atoms. The third kappa shape index (κ3) is 6.34. The van der Waals surface area contributed by atoms with E-state index in [1.165, 1.54) is 12.8 Å². The largest absolute Gasteiger partial charge is 0.477 e. The van der Waals surface area contributed by atoms with E-state index < -0.39 is 0 Å². The number of anilines is 1. The first-order valence-corrected chi connectivity index (χ1v) is 10.5. The Morgan fingerprint density at radius 3 is 2.90 bits per heavy atom. The van der Waals surface area contributed by atoms with Gasteiger partial charge in [0.1, 0.15) is 5.82 Å². The molecule has 2 aromatic rings. The van der Waals surface area contributed by atoms with E-state index in [1.807, 2.05) is 24.3 Å². The molecule has 1 unspecified atom stereocenters. The van der Waals surface area contributed by atoms with E-state index in [-0.39, 0.29) is 30.0 Å². The van der Waals surface area contributed by atoms with E-state index in [9.17, 15) is 0 Å². The first-order valence-electron chi connectivity index (χ1n) is 10.1. The van der Waals surface area contributed by atoms with Gasteiger partial charge in [-0.3, -0.25) is 4.99 Å². The third-order valence-electron chi connectivity index (χ3n) is 5.21. The van der Waals surface area contributed by atoms with Crippen molar-refractivity contribution in [3.8, 4) is 5.88 Å². The lowest BCUT2D eigenvalue weighted by Crippen LogP contribution is -2.44. The molecule has 1 saturated carbocycles. The predicted molar refractivity (Wildman–Crippen MR) is 131 cm³/mol. The summed E-state index contributed by atoms with van der Waals surface area (Å²) in [6.45, 7) is 3.18. The summed E-state index contributed by atoms with van der Waals surface area (Å²) in [5.41, 5.74) is 1.11. The van der Waals surface area contributed by atoms with Gasteiger partial charge in [-0.25, -0.2) is 9.97 Å². The minimum Gasteiger partial charge on any atom is -0.477 e. The lowest BCUT2D eigenvalue weighted by atomic mass is 10.2. The molecule has 4 rings (SSSR count). The number of hydrogen-bond acceptors (Lipinski definition) is 5. The molecule has 1 aliphatic heterocycles. The van der Waals surface area contributed by atoms with E-state index in [1.54, 1.807) is 19.4 Å². The van der Waals surface area contributed by atoms with Crippen molar-refractivity contribution in [3.63, 3.8) is 0 Å². The normalized spacial score (nSPS) is 18.7. The molecule has 1 aliphatic carbocycles. The van der Waals surface area contributed by atoms with Gasteiger partial charge in [0.15, 0.2) is 5.96 Å². The molecule has 30 heavy (non-hydrogen) atoms. The van der Waals surface area contributed by atoms with Crippen LogP contribution in [-0.2, 0) is 6.54 Å². The van der Waals surface area contributed by atoms with Gasteiger partial charge in [-0.2, -0.15) is 0 Å². The van der Waals surface area contributed by atoms with Crippen molar-refractivity contribution in [3.05, 3.63) is 47.2 Å². The fourth-order valence-corrected chi connectivity index (χ4v) is 3.62. The summed E-state index contributed by atoms with van der Waals surface area (Å²) in [5, 5.41) is 7.56. The highest BCUT2D eigenvalue weighted by Crippen LogP contribution is 2.29. The number of aliphatic imine (C=N–C) groups is 1. The van der Waals surface area contributed by atoms with Crippen LogP contribution in [-0.4, -0.2) is 48.7 Å². The maximum atomic E-state index is 6.28. The minimum absolute atomic E-state index is 0. The third-order valence-corrected chi connectivity index (χ3v) is 5.51. The number of pyridine rings is 2. The standard InChI is InChI=1S/C21H27ClN6O.HI/c1-23-21(26-12-16-6-9-24-19(11-16)29-14-15-4-5-15)27-17-7-10-28(13-17)20-18(22)3-2-8-25-20;/h2-3,6,8-9,11,15,17H,4-5,7,10,12-14H2,1H3,(H2,23,26,27);1H. The summed E-state index contributed by atoms with van der Waals surface area (Å²) in [7, 11) is 1.79. The molecule has 2 N–H and O–H groups in total. The van der Waals surface area contributed by atoms with E-state index in [2.05, 4.69) is 30.5 Å². The van der Waals surface area contributed by atoms with Crippen LogP contribution in [0.2, 0.25) is 5.02 Å². The Balaban J connectivity index is 0.00000256. The molecular formula is C21H28ClIN6O. The topological polar surface area (TPSA) is 74.7 Å². The fraction of sp³-hybridized carbons (Fsp3) is 0.476. The average molecular weight is 543 g/mol. The Labute approximate surface area is 199 Å².